The van der Waals surface area contributed by atoms with Gasteiger partial charge in [0.25, 0.3) is 5.69 Å². The summed E-state index contributed by atoms with van der Waals surface area (Å²) in [7, 11) is 0. The molecule has 0 bridgehead atoms. The first-order valence-electron chi connectivity index (χ1n) is 5.89. The Morgan fingerprint density at radius 1 is 1.63 bits per heavy atom. The van der Waals surface area contributed by atoms with E-state index in [9.17, 15) is 14.9 Å². The number of hydrogen-bond acceptors (Lipinski definition) is 6. The van der Waals surface area contributed by atoms with E-state index in [-0.39, 0.29) is 23.5 Å². The number of amides is 1. The molecule has 0 aromatic carbocycles. The predicted molar refractivity (Wildman–Crippen MR) is 69.7 cm³/mol. The molecule has 1 amide bonds. The van der Waals surface area contributed by atoms with Crippen molar-refractivity contribution in [2.45, 2.75) is 19.4 Å². The van der Waals surface area contributed by atoms with E-state index in [0.717, 1.165) is 6.42 Å². The smallest absolute Gasteiger partial charge is 0.276 e. The lowest BCUT2D eigenvalue weighted by atomic mass is 10.2. The average molecular weight is 265 g/mol. The number of carbonyl (C=O) groups is 1. The maximum atomic E-state index is 11.0. The van der Waals surface area contributed by atoms with Gasteiger partial charge < -0.3 is 16.0 Å². The molecule has 3 N–H and O–H groups in total. The molecule has 8 heteroatoms. The molecule has 19 heavy (non-hydrogen) atoms. The minimum absolute atomic E-state index is 0.0415. The molecule has 1 saturated heterocycles. The van der Waals surface area contributed by atoms with Crippen LogP contribution in [0, 0.1) is 10.1 Å². The summed E-state index contributed by atoms with van der Waals surface area (Å²) in [6, 6.07) is 2.66. The molecule has 1 aliphatic heterocycles. The lowest BCUT2D eigenvalue weighted by Gasteiger charge is -2.17. The van der Waals surface area contributed by atoms with Crippen molar-refractivity contribution in [1.82, 2.24) is 10.3 Å². The molecule has 0 saturated carbocycles. The van der Waals surface area contributed by atoms with E-state index < -0.39 is 4.92 Å². The van der Waals surface area contributed by atoms with Gasteiger partial charge in [-0.1, -0.05) is 0 Å². The van der Waals surface area contributed by atoms with E-state index in [2.05, 4.69) is 10.3 Å². The molecule has 0 radical (unpaired) electrons. The van der Waals surface area contributed by atoms with Crippen molar-refractivity contribution in [1.29, 1.82) is 0 Å². The second-order valence-electron chi connectivity index (χ2n) is 4.50. The van der Waals surface area contributed by atoms with Gasteiger partial charge in [0.1, 0.15) is 11.6 Å². The lowest BCUT2D eigenvalue weighted by molar-refractivity contribution is -0.384. The Hall–Kier alpha value is -2.38. The minimum atomic E-state index is -0.497. The second-order valence-corrected chi connectivity index (χ2v) is 4.50. The van der Waals surface area contributed by atoms with Gasteiger partial charge in [-0.25, -0.2) is 4.98 Å². The largest absolute Gasteiger partial charge is 0.383 e. The SMILES string of the molecule is CC(=O)NC1CCN(c2cc([N+](=O)[O-])cc(N)n2)C1. The molecule has 2 rings (SSSR count). The number of pyridine rings is 1. The first-order chi connectivity index (χ1) is 8.95. The molecular formula is C11H15N5O3. The van der Waals surface area contributed by atoms with Gasteiger partial charge in [-0.2, -0.15) is 0 Å². The summed E-state index contributed by atoms with van der Waals surface area (Å²) in [6.07, 6.45) is 0.782. The molecular weight excluding hydrogens is 250 g/mol. The third-order valence-corrected chi connectivity index (χ3v) is 2.95. The highest BCUT2D eigenvalue weighted by Gasteiger charge is 2.25. The number of nitro groups is 1. The summed E-state index contributed by atoms with van der Waals surface area (Å²) in [5.74, 6) is 0.505. The number of anilines is 2. The quantitative estimate of drug-likeness (QED) is 0.599. The number of carbonyl (C=O) groups excluding carboxylic acids is 1. The number of hydrogen-bond donors (Lipinski definition) is 2. The Bertz CT molecular complexity index is 519. The molecule has 2 heterocycles. The Labute approximate surface area is 109 Å². The predicted octanol–water partition coefficient (Wildman–Crippen LogP) is 0.287. The van der Waals surface area contributed by atoms with Crippen molar-refractivity contribution in [3.63, 3.8) is 0 Å². The van der Waals surface area contributed by atoms with Crippen LogP contribution in [-0.2, 0) is 4.79 Å². The molecule has 102 valence electrons. The fraction of sp³-hybridized carbons (Fsp3) is 0.455. The van der Waals surface area contributed by atoms with Gasteiger partial charge in [-0.05, 0) is 6.42 Å². The number of rotatable bonds is 3. The van der Waals surface area contributed by atoms with Crippen molar-refractivity contribution in [2.24, 2.45) is 0 Å². The van der Waals surface area contributed by atoms with E-state index in [4.69, 9.17) is 5.73 Å². The van der Waals surface area contributed by atoms with E-state index >= 15 is 0 Å². The number of nitrogens with two attached hydrogens (primary N) is 1. The number of nitrogen functional groups attached to an aromatic ring is 1. The van der Waals surface area contributed by atoms with Crippen molar-refractivity contribution >= 4 is 23.2 Å². The van der Waals surface area contributed by atoms with Gasteiger partial charge in [0.15, 0.2) is 0 Å². The van der Waals surface area contributed by atoms with Crippen molar-refractivity contribution in [3.05, 3.63) is 22.2 Å². The number of nitrogens with one attached hydrogen (secondary N) is 1. The number of aromatic nitrogens is 1. The second kappa shape index (κ2) is 5.09. The summed E-state index contributed by atoms with van der Waals surface area (Å²) in [6.45, 7) is 2.72. The van der Waals surface area contributed by atoms with Crippen LogP contribution in [0.1, 0.15) is 13.3 Å². The first-order valence-corrected chi connectivity index (χ1v) is 5.89. The van der Waals surface area contributed by atoms with Crippen LogP contribution in [0.15, 0.2) is 12.1 Å². The Balaban J connectivity index is 2.15. The first kappa shape index (κ1) is 13.1. The van der Waals surface area contributed by atoms with Gasteiger partial charge in [0.2, 0.25) is 5.91 Å². The zero-order valence-electron chi connectivity index (χ0n) is 10.5. The molecule has 1 fully saturated rings. The third-order valence-electron chi connectivity index (χ3n) is 2.95. The molecule has 1 aromatic rings. The molecule has 1 aromatic heterocycles. The summed E-state index contributed by atoms with van der Waals surface area (Å²) in [5.41, 5.74) is 5.49. The molecule has 8 nitrogen and oxygen atoms in total. The molecule has 0 spiro atoms. The highest BCUT2D eigenvalue weighted by molar-refractivity contribution is 5.73. The topological polar surface area (TPSA) is 114 Å². The standard InChI is InChI=1S/C11H15N5O3/c1-7(17)13-8-2-3-15(6-8)11-5-9(16(18)19)4-10(12)14-11/h4-5,8H,2-3,6H2,1H3,(H2,12,14)(H,13,17). The summed E-state index contributed by atoms with van der Waals surface area (Å²) >= 11 is 0. The monoisotopic (exact) mass is 265 g/mol. The zero-order chi connectivity index (χ0) is 14.0. The summed E-state index contributed by atoms with van der Waals surface area (Å²) < 4.78 is 0. The van der Waals surface area contributed by atoms with Crippen LogP contribution in [-0.4, -0.2) is 34.9 Å². The molecule has 1 aliphatic rings. The van der Waals surface area contributed by atoms with E-state index in [1.54, 1.807) is 0 Å². The van der Waals surface area contributed by atoms with Crippen LogP contribution in [0.4, 0.5) is 17.3 Å². The van der Waals surface area contributed by atoms with Crippen LogP contribution in [0.5, 0.6) is 0 Å². The molecule has 1 unspecified atom stereocenters. The summed E-state index contributed by atoms with van der Waals surface area (Å²) in [4.78, 5) is 27.2. The van der Waals surface area contributed by atoms with Crippen LogP contribution >= 0.6 is 0 Å². The van der Waals surface area contributed by atoms with Gasteiger partial charge in [-0.15, -0.1) is 0 Å². The van der Waals surface area contributed by atoms with Crippen molar-refractivity contribution in [3.8, 4) is 0 Å². The average Bonchev–Trinajstić information content (AvgIpc) is 2.75. The van der Waals surface area contributed by atoms with Gasteiger partial charge in [-0.3, -0.25) is 14.9 Å². The van der Waals surface area contributed by atoms with E-state index in [1.165, 1.54) is 19.1 Å². The maximum Gasteiger partial charge on any atom is 0.276 e. The van der Waals surface area contributed by atoms with Gasteiger partial charge >= 0.3 is 0 Å². The normalized spacial score (nSPS) is 18.4. The number of nitrogens with zero attached hydrogens (tertiary/aromatic N) is 3. The Morgan fingerprint density at radius 2 is 2.37 bits per heavy atom. The fourth-order valence-corrected chi connectivity index (χ4v) is 2.16. The molecule has 1 atom stereocenters. The highest BCUT2D eigenvalue weighted by atomic mass is 16.6. The summed E-state index contributed by atoms with van der Waals surface area (Å²) in [5, 5.41) is 13.6. The minimum Gasteiger partial charge on any atom is -0.383 e. The molecule has 0 aliphatic carbocycles. The van der Waals surface area contributed by atoms with Crippen molar-refractivity contribution in [2.75, 3.05) is 23.7 Å². The Kier molecular flexibility index (Phi) is 3.50. The van der Waals surface area contributed by atoms with E-state index in [0.29, 0.717) is 18.9 Å². The van der Waals surface area contributed by atoms with Crippen molar-refractivity contribution < 1.29 is 9.72 Å². The highest BCUT2D eigenvalue weighted by Crippen LogP contribution is 2.24. The Morgan fingerprint density at radius 3 is 3.00 bits per heavy atom. The zero-order valence-corrected chi connectivity index (χ0v) is 10.5. The maximum absolute atomic E-state index is 11.0. The van der Waals surface area contributed by atoms with Crippen LogP contribution in [0.2, 0.25) is 0 Å². The van der Waals surface area contributed by atoms with Crippen LogP contribution in [0.3, 0.4) is 0 Å². The van der Waals surface area contributed by atoms with Crippen LogP contribution < -0.4 is 16.0 Å². The van der Waals surface area contributed by atoms with Crippen LogP contribution in [0.25, 0.3) is 0 Å². The van der Waals surface area contributed by atoms with E-state index in [1.807, 2.05) is 4.90 Å². The van der Waals surface area contributed by atoms with Gasteiger partial charge in [0, 0.05) is 26.1 Å². The third kappa shape index (κ3) is 3.09. The lowest BCUT2D eigenvalue weighted by Crippen LogP contribution is -2.35. The fourth-order valence-electron chi connectivity index (χ4n) is 2.16. The van der Waals surface area contributed by atoms with Gasteiger partial charge in [0.05, 0.1) is 17.1 Å².